The van der Waals surface area contributed by atoms with E-state index in [1.165, 1.54) is 11.3 Å². The number of hydrogen-bond acceptors (Lipinski definition) is 4. The van der Waals surface area contributed by atoms with E-state index in [2.05, 4.69) is 5.32 Å². The summed E-state index contributed by atoms with van der Waals surface area (Å²) < 4.78 is 5.02. The minimum atomic E-state index is -0.496. The Bertz CT molecular complexity index is 730. The first-order valence-electron chi connectivity index (χ1n) is 6.84. The van der Waals surface area contributed by atoms with Gasteiger partial charge in [-0.15, -0.1) is 11.3 Å². The molecule has 2 aromatic rings. The summed E-state index contributed by atoms with van der Waals surface area (Å²) in [5.41, 5.74) is 1.58. The Balaban J connectivity index is 1.89. The summed E-state index contributed by atoms with van der Waals surface area (Å²) in [6.45, 7) is 3.27. The minimum absolute atomic E-state index is 0.325. The van der Waals surface area contributed by atoms with Gasteiger partial charge in [-0.1, -0.05) is 29.3 Å². The number of aryl methyl sites for hydroxylation is 1. The number of carbonyl (C=O) groups excluding carboxylic acids is 2. The molecule has 2 rings (SSSR count). The van der Waals surface area contributed by atoms with E-state index in [0.717, 1.165) is 11.1 Å². The molecule has 0 fully saturated rings. The quantitative estimate of drug-likeness (QED) is 0.792. The number of thiophene rings is 1. The number of rotatable bonds is 5. The molecule has 0 aliphatic rings. The third-order valence-corrected chi connectivity index (χ3v) is 4.75. The highest BCUT2D eigenvalue weighted by Crippen LogP contribution is 2.26. The SMILES string of the molecule is Cc1ccsc1C(=O)OCC(=O)NC(C)c1ccc(Cl)cc1Cl. The van der Waals surface area contributed by atoms with Crippen LogP contribution >= 0.6 is 34.5 Å². The van der Waals surface area contributed by atoms with E-state index in [9.17, 15) is 9.59 Å². The van der Waals surface area contributed by atoms with E-state index >= 15 is 0 Å². The zero-order chi connectivity index (χ0) is 17.0. The van der Waals surface area contributed by atoms with Crippen molar-refractivity contribution in [2.45, 2.75) is 19.9 Å². The molecule has 0 saturated carbocycles. The minimum Gasteiger partial charge on any atom is -0.451 e. The zero-order valence-electron chi connectivity index (χ0n) is 12.6. The van der Waals surface area contributed by atoms with Gasteiger partial charge in [0.15, 0.2) is 6.61 Å². The second-order valence-corrected chi connectivity index (χ2v) is 6.72. The highest BCUT2D eigenvalue weighted by molar-refractivity contribution is 7.12. The standard InChI is InChI=1S/C16H15Cl2NO3S/c1-9-5-6-23-15(9)16(21)22-8-14(20)19-10(2)12-4-3-11(17)7-13(12)18/h3-7,10H,8H2,1-2H3,(H,19,20). The van der Waals surface area contributed by atoms with Crippen LogP contribution < -0.4 is 5.32 Å². The number of amides is 1. The highest BCUT2D eigenvalue weighted by atomic mass is 35.5. The summed E-state index contributed by atoms with van der Waals surface area (Å²) in [5, 5.41) is 5.53. The molecule has 4 nitrogen and oxygen atoms in total. The van der Waals surface area contributed by atoms with Crippen LogP contribution in [0.5, 0.6) is 0 Å². The first kappa shape index (κ1) is 17.8. The van der Waals surface area contributed by atoms with Gasteiger partial charge in [-0.25, -0.2) is 4.79 Å². The summed E-state index contributed by atoms with van der Waals surface area (Å²) in [5.74, 6) is -0.893. The van der Waals surface area contributed by atoms with Gasteiger partial charge in [-0.3, -0.25) is 4.79 Å². The molecule has 0 aliphatic heterocycles. The van der Waals surface area contributed by atoms with Crippen molar-refractivity contribution in [3.8, 4) is 0 Å². The topological polar surface area (TPSA) is 55.4 Å². The van der Waals surface area contributed by atoms with Gasteiger partial charge in [-0.2, -0.15) is 0 Å². The largest absolute Gasteiger partial charge is 0.451 e. The molecular formula is C16H15Cl2NO3S. The molecule has 0 spiro atoms. The fourth-order valence-corrected chi connectivity index (χ4v) is 3.38. The normalized spacial score (nSPS) is 11.8. The summed E-state index contributed by atoms with van der Waals surface area (Å²) in [4.78, 5) is 24.3. The second-order valence-electron chi connectivity index (χ2n) is 4.96. The fraction of sp³-hybridized carbons (Fsp3) is 0.250. The van der Waals surface area contributed by atoms with Crippen LogP contribution in [0.4, 0.5) is 0 Å². The maximum atomic E-state index is 11.9. The Morgan fingerprint density at radius 2 is 2.04 bits per heavy atom. The molecule has 1 aromatic heterocycles. The smallest absolute Gasteiger partial charge is 0.349 e. The van der Waals surface area contributed by atoms with Crippen molar-refractivity contribution in [1.29, 1.82) is 0 Å². The van der Waals surface area contributed by atoms with Crippen LogP contribution in [0, 0.1) is 6.92 Å². The van der Waals surface area contributed by atoms with Crippen LogP contribution in [-0.4, -0.2) is 18.5 Å². The lowest BCUT2D eigenvalue weighted by atomic mass is 10.1. The molecule has 0 aliphatic carbocycles. The molecule has 1 atom stereocenters. The third kappa shape index (κ3) is 4.70. The van der Waals surface area contributed by atoms with Gasteiger partial charge >= 0.3 is 5.97 Å². The average molecular weight is 372 g/mol. The molecule has 1 amide bonds. The van der Waals surface area contributed by atoms with Gasteiger partial charge in [-0.05, 0) is 48.6 Å². The number of nitrogens with one attached hydrogen (secondary N) is 1. The number of esters is 1. The molecule has 1 aromatic carbocycles. The second kappa shape index (κ2) is 7.81. The Labute approximate surface area is 148 Å². The fourth-order valence-electron chi connectivity index (χ4n) is 1.99. The van der Waals surface area contributed by atoms with E-state index in [1.807, 2.05) is 13.0 Å². The lowest BCUT2D eigenvalue weighted by Crippen LogP contribution is -2.31. The first-order chi connectivity index (χ1) is 10.9. The predicted molar refractivity (Wildman–Crippen MR) is 92.4 cm³/mol. The number of halogens is 2. The van der Waals surface area contributed by atoms with Gasteiger partial charge in [0.2, 0.25) is 0 Å². The van der Waals surface area contributed by atoms with Crippen molar-refractivity contribution in [1.82, 2.24) is 5.32 Å². The molecule has 122 valence electrons. The van der Waals surface area contributed by atoms with Crippen molar-refractivity contribution in [3.05, 3.63) is 55.7 Å². The highest BCUT2D eigenvalue weighted by Gasteiger charge is 2.16. The van der Waals surface area contributed by atoms with Crippen molar-refractivity contribution in [3.63, 3.8) is 0 Å². The van der Waals surface area contributed by atoms with E-state index in [0.29, 0.717) is 14.9 Å². The van der Waals surface area contributed by atoms with Gasteiger partial charge in [0.1, 0.15) is 4.88 Å². The van der Waals surface area contributed by atoms with Crippen LogP contribution in [0.25, 0.3) is 0 Å². The van der Waals surface area contributed by atoms with Crippen molar-refractivity contribution < 1.29 is 14.3 Å². The number of benzene rings is 1. The van der Waals surface area contributed by atoms with E-state index < -0.39 is 11.9 Å². The Kier molecular flexibility index (Phi) is 6.04. The molecule has 0 saturated heterocycles. The van der Waals surface area contributed by atoms with E-state index in [1.54, 1.807) is 30.5 Å². The molecule has 23 heavy (non-hydrogen) atoms. The predicted octanol–water partition coefficient (Wildman–Crippen LogP) is 4.40. The number of hydrogen-bond donors (Lipinski definition) is 1. The monoisotopic (exact) mass is 371 g/mol. The van der Waals surface area contributed by atoms with Crippen LogP contribution in [0.2, 0.25) is 10.0 Å². The zero-order valence-corrected chi connectivity index (χ0v) is 14.9. The maximum absolute atomic E-state index is 11.9. The molecule has 0 bridgehead atoms. The summed E-state index contributed by atoms with van der Waals surface area (Å²) >= 11 is 13.2. The van der Waals surface area contributed by atoms with Crippen LogP contribution in [0.1, 0.15) is 33.8 Å². The first-order valence-corrected chi connectivity index (χ1v) is 8.47. The van der Waals surface area contributed by atoms with Gasteiger partial charge < -0.3 is 10.1 Å². The summed E-state index contributed by atoms with van der Waals surface area (Å²) in [6.07, 6.45) is 0. The van der Waals surface area contributed by atoms with Gasteiger partial charge in [0.05, 0.1) is 6.04 Å². The maximum Gasteiger partial charge on any atom is 0.349 e. The Morgan fingerprint density at radius 1 is 1.30 bits per heavy atom. The molecule has 1 N–H and O–H groups in total. The van der Waals surface area contributed by atoms with E-state index in [4.69, 9.17) is 27.9 Å². The van der Waals surface area contributed by atoms with Gasteiger partial charge in [0.25, 0.3) is 5.91 Å². The van der Waals surface area contributed by atoms with E-state index in [-0.39, 0.29) is 12.6 Å². The molecular weight excluding hydrogens is 357 g/mol. The Morgan fingerprint density at radius 3 is 2.65 bits per heavy atom. The lowest BCUT2D eigenvalue weighted by Gasteiger charge is -2.16. The third-order valence-electron chi connectivity index (χ3n) is 3.19. The average Bonchev–Trinajstić information content (AvgIpc) is 2.90. The summed E-state index contributed by atoms with van der Waals surface area (Å²) in [7, 11) is 0. The molecule has 0 radical (unpaired) electrons. The van der Waals surface area contributed by atoms with Crippen LogP contribution in [-0.2, 0) is 9.53 Å². The van der Waals surface area contributed by atoms with Crippen LogP contribution in [0.15, 0.2) is 29.6 Å². The summed E-state index contributed by atoms with van der Waals surface area (Å²) in [6, 6.07) is 6.56. The lowest BCUT2D eigenvalue weighted by molar-refractivity contribution is -0.124. The molecule has 1 unspecified atom stereocenters. The van der Waals surface area contributed by atoms with Crippen molar-refractivity contribution in [2.75, 3.05) is 6.61 Å². The van der Waals surface area contributed by atoms with Gasteiger partial charge in [0, 0.05) is 10.0 Å². The van der Waals surface area contributed by atoms with Crippen LogP contribution in [0.3, 0.4) is 0 Å². The van der Waals surface area contributed by atoms with Crippen molar-refractivity contribution in [2.24, 2.45) is 0 Å². The number of ether oxygens (including phenoxy) is 1. The number of carbonyl (C=O) groups is 2. The van der Waals surface area contributed by atoms with Crippen molar-refractivity contribution >= 4 is 46.4 Å². The Hall–Kier alpha value is -1.56. The molecule has 1 heterocycles. The molecule has 7 heteroatoms.